The highest BCUT2D eigenvalue weighted by Gasteiger charge is 2.38. The van der Waals surface area contributed by atoms with E-state index in [1.165, 1.54) is 21.1 Å². The van der Waals surface area contributed by atoms with Crippen molar-refractivity contribution in [1.82, 2.24) is 10.3 Å². The van der Waals surface area contributed by atoms with Crippen molar-refractivity contribution in [2.75, 3.05) is 33.3 Å². The highest BCUT2D eigenvalue weighted by Crippen LogP contribution is 2.43. The van der Waals surface area contributed by atoms with Crippen LogP contribution in [0.2, 0.25) is 0 Å². The van der Waals surface area contributed by atoms with Crippen molar-refractivity contribution in [2.24, 2.45) is 0 Å². The number of carbonyl (C=O) groups excluding carboxylic acids is 2. The average Bonchev–Trinajstić information content (AvgIpc) is 3.07. The lowest BCUT2D eigenvalue weighted by molar-refractivity contribution is -0.143. The topological polar surface area (TPSA) is 108 Å². The molecule has 9 nitrogen and oxygen atoms in total. The SMILES string of the molecule is CCOCc1cc(OC)c(-c2ccc(C[C@H](NC(=O)c3c(F)cc(N[C@H](CC)C(F)(F)F)cc3F)C(=O)OC)c3cccnc23)c(OC)c1. The molecule has 0 aliphatic heterocycles. The van der Waals surface area contributed by atoms with Crippen LogP contribution in [0.3, 0.4) is 0 Å². The summed E-state index contributed by atoms with van der Waals surface area (Å²) in [4.78, 5) is 30.6. The summed E-state index contributed by atoms with van der Waals surface area (Å²) in [7, 11) is 4.14. The van der Waals surface area contributed by atoms with E-state index in [-0.39, 0.29) is 6.42 Å². The number of carbonyl (C=O) groups is 2. The van der Waals surface area contributed by atoms with Crippen molar-refractivity contribution in [2.45, 2.75) is 51.6 Å². The van der Waals surface area contributed by atoms with Gasteiger partial charge in [-0.1, -0.05) is 25.1 Å². The molecule has 1 aromatic heterocycles. The number of aromatic nitrogens is 1. The maximum atomic E-state index is 15.0. The van der Waals surface area contributed by atoms with Gasteiger partial charge in [0.1, 0.15) is 40.8 Å². The Bertz CT molecular complexity index is 1770. The van der Waals surface area contributed by atoms with E-state index in [0.717, 1.165) is 12.7 Å². The first kappa shape index (κ1) is 36.8. The summed E-state index contributed by atoms with van der Waals surface area (Å²) in [6.45, 7) is 4.01. The summed E-state index contributed by atoms with van der Waals surface area (Å²) in [5, 5.41) is 4.94. The molecule has 2 N–H and O–H groups in total. The average molecular weight is 690 g/mol. The van der Waals surface area contributed by atoms with E-state index in [1.807, 2.05) is 24.4 Å². The number of hydrogen-bond donors (Lipinski definition) is 2. The molecule has 3 aromatic carbocycles. The highest BCUT2D eigenvalue weighted by atomic mass is 19.4. The van der Waals surface area contributed by atoms with Crippen LogP contribution in [0.5, 0.6) is 11.5 Å². The first-order chi connectivity index (χ1) is 23.4. The van der Waals surface area contributed by atoms with Crippen molar-refractivity contribution in [3.8, 4) is 22.6 Å². The normalized spacial score (nSPS) is 12.7. The zero-order valence-corrected chi connectivity index (χ0v) is 27.5. The molecule has 0 fully saturated rings. The molecule has 4 aromatic rings. The summed E-state index contributed by atoms with van der Waals surface area (Å²) >= 11 is 0. The molecule has 0 aliphatic rings. The zero-order valence-electron chi connectivity index (χ0n) is 27.5. The van der Waals surface area contributed by atoms with Gasteiger partial charge in [0.15, 0.2) is 0 Å². The Labute approximate surface area is 279 Å². The van der Waals surface area contributed by atoms with E-state index in [2.05, 4.69) is 10.3 Å². The molecular weight excluding hydrogens is 653 g/mol. The molecule has 4 rings (SSSR count). The second-order valence-electron chi connectivity index (χ2n) is 10.9. The fourth-order valence-corrected chi connectivity index (χ4v) is 5.42. The number of hydrogen-bond acceptors (Lipinski definition) is 8. The predicted molar refractivity (Wildman–Crippen MR) is 173 cm³/mol. The van der Waals surface area contributed by atoms with Crippen molar-refractivity contribution < 1.29 is 50.5 Å². The first-order valence-corrected chi connectivity index (χ1v) is 15.3. The molecule has 0 spiro atoms. The number of nitrogens with zero attached hydrogens (tertiary/aromatic N) is 1. The molecule has 1 heterocycles. The smallest absolute Gasteiger partial charge is 0.408 e. The van der Waals surface area contributed by atoms with Gasteiger partial charge in [0.25, 0.3) is 5.91 Å². The lowest BCUT2D eigenvalue weighted by Gasteiger charge is -2.22. The molecule has 0 saturated carbocycles. The van der Waals surface area contributed by atoms with Gasteiger partial charge in [-0.15, -0.1) is 0 Å². The summed E-state index contributed by atoms with van der Waals surface area (Å²) in [5.74, 6) is -4.05. The van der Waals surface area contributed by atoms with Gasteiger partial charge in [-0.25, -0.2) is 13.6 Å². The molecule has 0 bridgehead atoms. The first-order valence-electron chi connectivity index (χ1n) is 15.3. The van der Waals surface area contributed by atoms with Crippen LogP contribution < -0.4 is 20.1 Å². The van der Waals surface area contributed by atoms with Crippen LogP contribution in [0.1, 0.15) is 41.8 Å². The maximum absolute atomic E-state index is 15.0. The molecule has 1 amide bonds. The Morgan fingerprint density at radius 3 is 2.14 bits per heavy atom. The number of rotatable bonds is 14. The highest BCUT2D eigenvalue weighted by molar-refractivity contribution is 6.00. The predicted octanol–water partition coefficient (Wildman–Crippen LogP) is 7.00. The number of benzene rings is 3. The maximum Gasteiger partial charge on any atom is 0.408 e. The number of halogens is 5. The largest absolute Gasteiger partial charge is 0.496 e. The van der Waals surface area contributed by atoms with E-state index in [0.29, 0.717) is 64.4 Å². The number of ether oxygens (including phenoxy) is 4. The van der Waals surface area contributed by atoms with Crippen molar-refractivity contribution >= 4 is 28.5 Å². The second-order valence-corrected chi connectivity index (χ2v) is 10.9. The second kappa shape index (κ2) is 15.9. The number of esters is 1. The molecule has 262 valence electrons. The van der Waals surface area contributed by atoms with Gasteiger partial charge >= 0.3 is 12.1 Å². The Morgan fingerprint density at radius 2 is 1.59 bits per heavy atom. The van der Waals surface area contributed by atoms with Crippen LogP contribution in [0.25, 0.3) is 22.0 Å². The van der Waals surface area contributed by atoms with Gasteiger partial charge in [0, 0.05) is 35.9 Å². The van der Waals surface area contributed by atoms with E-state index < -0.39 is 59.4 Å². The zero-order chi connectivity index (χ0) is 35.9. The molecule has 14 heteroatoms. The molecule has 0 saturated heterocycles. The molecule has 49 heavy (non-hydrogen) atoms. The van der Waals surface area contributed by atoms with Crippen LogP contribution in [0, 0.1) is 11.6 Å². The molecular formula is C35H36F5N3O6. The summed E-state index contributed by atoms with van der Waals surface area (Å²) in [6, 6.07) is 8.26. The van der Waals surface area contributed by atoms with Gasteiger partial charge in [-0.2, -0.15) is 13.2 Å². The summed E-state index contributed by atoms with van der Waals surface area (Å²) < 4.78 is 91.5. The number of methoxy groups -OCH3 is 3. The van der Waals surface area contributed by atoms with Crippen LogP contribution in [0.15, 0.2) is 54.7 Å². The quantitative estimate of drug-likeness (QED) is 0.108. The number of nitrogens with one attached hydrogen (secondary N) is 2. The molecule has 2 atom stereocenters. The van der Waals surface area contributed by atoms with E-state index in [4.69, 9.17) is 18.9 Å². The van der Waals surface area contributed by atoms with Crippen LogP contribution >= 0.6 is 0 Å². The van der Waals surface area contributed by atoms with E-state index in [9.17, 15) is 22.8 Å². The number of alkyl halides is 3. The summed E-state index contributed by atoms with van der Waals surface area (Å²) in [6.07, 6.45) is -3.66. The number of anilines is 1. The van der Waals surface area contributed by atoms with Gasteiger partial charge in [-0.3, -0.25) is 9.78 Å². The third kappa shape index (κ3) is 8.37. The van der Waals surface area contributed by atoms with Crippen molar-refractivity contribution in [1.29, 1.82) is 0 Å². The van der Waals surface area contributed by atoms with Crippen molar-refractivity contribution in [3.05, 3.63) is 83.1 Å². The van der Waals surface area contributed by atoms with Gasteiger partial charge in [-0.05, 0) is 54.8 Å². The van der Waals surface area contributed by atoms with Gasteiger partial charge < -0.3 is 29.6 Å². The number of fused-ring (bicyclic) bond motifs is 1. The van der Waals surface area contributed by atoms with Gasteiger partial charge in [0.05, 0.1) is 39.0 Å². The Balaban J connectivity index is 1.69. The van der Waals surface area contributed by atoms with E-state index in [1.54, 1.807) is 30.5 Å². The van der Waals surface area contributed by atoms with E-state index >= 15 is 8.78 Å². The fraction of sp³-hybridized carbons (Fsp3) is 0.343. The minimum atomic E-state index is -4.67. The lowest BCUT2D eigenvalue weighted by atomic mass is 9.93. The fourth-order valence-electron chi connectivity index (χ4n) is 5.42. The third-order valence-corrected chi connectivity index (χ3v) is 7.80. The molecule has 0 aliphatic carbocycles. The Kier molecular flexibility index (Phi) is 12.0. The monoisotopic (exact) mass is 689 g/mol. The third-order valence-electron chi connectivity index (χ3n) is 7.80. The Hall–Kier alpha value is -4.98. The molecule has 0 unspecified atom stereocenters. The van der Waals surface area contributed by atoms with Crippen LogP contribution in [-0.2, 0) is 27.3 Å². The molecule has 0 radical (unpaired) electrons. The van der Waals surface area contributed by atoms with Crippen molar-refractivity contribution in [3.63, 3.8) is 0 Å². The lowest BCUT2D eigenvalue weighted by Crippen LogP contribution is -2.43. The minimum Gasteiger partial charge on any atom is -0.496 e. The van der Waals surface area contributed by atoms with Crippen LogP contribution in [0.4, 0.5) is 27.6 Å². The minimum absolute atomic E-state index is 0.172. The van der Waals surface area contributed by atoms with Gasteiger partial charge in [0.2, 0.25) is 0 Å². The standard InChI is InChI=1S/C35H36F5N3O6/c1-6-29(35(38,39)40)42-21-16-24(36)31(25(37)17-21)33(44)43-26(34(45)48-5)15-20-10-11-23(32-22(20)9-8-12-41-32)30-27(46-3)13-19(18-49-7-2)14-28(30)47-4/h8-14,16-17,26,29,42H,6-7,15,18H2,1-5H3,(H,43,44)/t26-,29+/m0/s1. The summed E-state index contributed by atoms with van der Waals surface area (Å²) in [5.41, 5.74) is 1.55. The number of amides is 1. The number of pyridine rings is 1. The Morgan fingerprint density at radius 1 is 0.939 bits per heavy atom. The van der Waals surface area contributed by atoms with Crippen LogP contribution in [-0.4, -0.2) is 63.1 Å².